The van der Waals surface area contributed by atoms with E-state index in [1.54, 1.807) is 0 Å². The SMILES string of the molecule is Cc1cccc(C(C)C)c1NC(=O)CSCc1nc(N)nc(Nc2ccccc2)n1. The second-order valence-corrected chi connectivity index (χ2v) is 8.14. The van der Waals surface area contributed by atoms with Gasteiger partial charge >= 0.3 is 0 Å². The van der Waals surface area contributed by atoms with Crippen molar-refractivity contribution in [2.75, 3.05) is 22.1 Å². The van der Waals surface area contributed by atoms with Crippen LogP contribution in [0.2, 0.25) is 0 Å². The molecule has 0 atom stereocenters. The molecular weight excluding hydrogens is 396 g/mol. The number of hydrogen-bond acceptors (Lipinski definition) is 7. The van der Waals surface area contributed by atoms with Gasteiger partial charge in [-0.25, -0.2) is 0 Å². The van der Waals surface area contributed by atoms with E-state index in [0.717, 1.165) is 22.5 Å². The molecule has 7 nitrogen and oxygen atoms in total. The van der Waals surface area contributed by atoms with E-state index in [4.69, 9.17) is 5.73 Å². The van der Waals surface area contributed by atoms with Gasteiger partial charge in [-0.3, -0.25) is 4.79 Å². The van der Waals surface area contributed by atoms with Crippen molar-refractivity contribution in [1.29, 1.82) is 0 Å². The number of nitrogens with one attached hydrogen (secondary N) is 2. The first-order valence-electron chi connectivity index (χ1n) is 9.72. The maximum absolute atomic E-state index is 12.5. The molecule has 0 aliphatic heterocycles. The van der Waals surface area contributed by atoms with E-state index in [-0.39, 0.29) is 11.9 Å². The Morgan fingerprint density at radius 1 is 1.07 bits per heavy atom. The molecule has 1 heterocycles. The number of carbonyl (C=O) groups excluding carboxylic acids is 1. The number of nitrogens with two attached hydrogens (primary N) is 1. The van der Waals surface area contributed by atoms with Gasteiger partial charge in [0.25, 0.3) is 0 Å². The quantitative estimate of drug-likeness (QED) is 0.491. The number of hydrogen-bond donors (Lipinski definition) is 3. The molecular formula is C22H26N6OS. The van der Waals surface area contributed by atoms with Crippen molar-refractivity contribution in [1.82, 2.24) is 15.0 Å². The maximum atomic E-state index is 12.5. The maximum Gasteiger partial charge on any atom is 0.234 e. The Labute approximate surface area is 180 Å². The molecule has 0 aliphatic carbocycles. The Hall–Kier alpha value is -3.13. The molecule has 0 radical (unpaired) electrons. The van der Waals surface area contributed by atoms with E-state index in [9.17, 15) is 4.79 Å². The molecule has 0 saturated carbocycles. The Balaban J connectivity index is 1.58. The van der Waals surface area contributed by atoms with Crippen LogP contribution in [0.25, 0.3) is 0 Å². The minimum absolute atomic E-state index is 0.0548. The Morgan fingerprint density at radius 3 is 2.57 bits per heavy atom. The molecule has 0 fully saturated rings. The Morgan fingerprint density at radius 2 is 1.83 bits per heavy atom. The first-order valence-corrected chi connectivity index (χ1v) is 10.9. The average molecular weight is 423 g/mol. The van der Waals surface area contributed by atoms with Crippen LogP contribution in [0.1, 0.15) is 36.7 Å². The van der Waals surface area contributed by atoms with Gasteiger partial charge in [0, 0.05) is 11.4 Å². The summed E-state index contributed by atoms with van der Waals surface area (Å²) < 4.78 is 0. The van der Waals surface area contributed by atoms with Crippen molar-refractivity contribution in [3.05, 3.63) is 65.5 Å². The molecule has 1 aromatic heterocycles. The third-order valence-corrected chi connectivity index (χ3v) is 5.31. The highest BCUT2D eigenvalue weighted by Crippen LogP contribution is 2.27. The summed E-state index contributed by atoms with van der Waals surface area (Å²) in [7, 11) is 0. The molecule has 1 amide bonds. The van der Waals surface area contributed by atoms with Crippen molar-refractivity contribution in [2.45, 2.75) is 32.4 Å². The summed E-state index contributed by atoms with van der Waals surface area (Å²) in [6.45, 7) is 6.24. The molecule has 0 aliphatic rings. The molecule has 3 rings (SSSR count). The number of anilines is 4. The van der Waals surface area contributed by atoms with Crippen molar-refractivity contribution >= 4 is 40.9 Å². The molecule has 0 bridgehead atoms. The van der Waals surface area contributed by atoms with Gasteiger partial charge in [-0.2, -0.15) is 15.0 Å². The lowest BCUT2D eigenvalue weighted by molar-refractivity contribution is -0.113. The molecule has 0 saturated heterocycles. The molecule has 30 heavy (non-hydrogen) atoms. The summed E-state index contributed by atoms with van der Waals surface area (Å²) in [5.41, 5.74) is 9.77. The topological polar surface area (TPSA) is 106 Å². The van der Waals surface area contributed by atoms with Gasteiger partial charge in [0.1, 0.15) is 5.82 Å². The molecule has 0 spiro atoms. The first kappa shape index (κ1) is 21.6. The Bertz CT molecular complexity index is 1010. The van der Waals surface area contributed by atoms with Gasteiger partial charge in [0.15, 0.2) is 0 Å². The molecule has 3 aromatic rings. The van der Waals surface area contributed by atoms with Crippen molar-refractivity contribution in [3.8, 4) is 0 Å². The van der Waals surface area contributed by atoms with Crippen molar-refractivity contribution < 1.29 is 4.79 Å². The number of para-hydroxylation sites is 2. The fourth-order valence-corrected chi connectivity index (χ4v) is 3.63. The first-order chi connectivity index (χ1) is 14.4. The zero-order valence-electron chi connectivity index (χ0n) is 17.3. The predicted molar refractivity (Wildman–Crippen MR) is 124 cm³/mol. The van der Waals surface area contributed by atoms with Crippen molar-refractivity contribution in [3.63, 3.8) is 0 Å². The summed E-state index contributed by atoms with van der Waals surface area (Å²) in [6, 6.07) is 15.7. The largest absolute Gasteiger partial charge is 0.368 e. The minimum Gasteiger partial charge on any atom is -0.368 e. The average Bonchev–Trinajstić information content (AvgIpc) is 2.69. The monoisotopic (exact) mass is 422 g/mol. The highest BCUT2D eigenvalue weighted by Gasteiger charge is 2.13. The van der Waals surface area contributed by atoms with Crippen LogP contribution in [0.15, 0.2) is 48.5 Å². The smallest absolute Gasteiger partial charge is 0.234 e. The van der Waals surface area contributed by atoms with Crippen LogP contribution in [-0.4, -0.2) is 26.6 Å². The van der Waals surface area contributed by atoms with Crippen LogP contribution in [0.3, 0.4) is 0 Å². The van der Waals surface area contributed by atoms with Crippen LogP contribution in [0, 0.1) is 6.92 Å². The van der Waals surface area contributed by atoms with E-state index in [2.05, 4.69) is 45.5 Å². The zero-order valence-corrected chi connectivity index (χ0v) is 18.2. The summed E-state index contributed by atoms with van der Waals surface area (Å²) in [5, 5.41) is 6.16. The van der Waals surface area contributed by atoms with Crippen LogP contribution < -0.4 is 16.4 Å². The molecule has 8 heteroatoms. The lowest BCUT2D eigenvalue weighted by Crippen LogP contribution is -2.17. The summed E-state index contributed by atoms with van der Waals surface area (Å²) in [5.74, 6) is 2.07. The van der Waals surface area contributed by atoms with E-state index in [0.29, 0.717) is 29.2 Å². The van der Waals surface area contributed by atoms with Gasteiger partial charge in [0.05, 0.1) is 11.5 Å². The molecule has 0 unspecified atom stereocenters. The highest BCUT2D eigenvalue weighted by molar-refractivity contribution is 7.99. The lowest BCUT2D eigenvalue weighted by Gasteiger charge is -2.16. The number of nitrogen functional groups attached to an aromatic ring is 1. The van der Waals surface area contributed by atoms with Gasteiger partial charge < -0.3 is 16.4 Å². The van der Waals surface area contributed by atoms with Gasteiger partial charge in [-0.1, -0.05) is 50.2 Å². The van der Waals surface area contributed by atoms with E-state index < -0.39 is 0 Å². The van der Waals surface area contributed by atoms with Crippen molar-refractivity contribution in [2.24, 2.45) is 0 Å². The number of rotatable bonds is 8. The van der Waals surface area contributed by atoms with E-state index >= 15 is 0 Å². The number of amides is 1. The molecule has 4 N–H and O–H groups in total. The number of thioether (sulfide) groups is 1. The second kappa shape index (κ2) is 10.1. The van der Waals surface area contributed by atoms with Crippen LogP contribution in [0.4, 0.5) is 23.3 Å². The zero-order chi connectivity index (χ0) is 21.5. The van der Waals surface area contributed by atoms with Gasteiger partial charge in [-0.15, -0.1) is 11.8 Å². The number of carbonyl (C=O) groups is 1. The van der Waals surface area contributed by atoms with Crippen LogP contribution in [-0.2, 0) is 10.5 Å². The number of aromatic nitrogens is 3. The van der Waals surface area contributed by atoms with Gasteiger partial charge in [0.2, 0.25) is 17.8 Å². The predicted octanol–water partition coefficient (Wildman–Crippen LogP) is 4.50. The third-order valence-electron chi connectivity index (χ3n) is 4.38. The minimum atomic E-state index is -0.0548. The summed E-state index contributed by atoms with van der Waals surface area (Å²) in [4.78, 5) is 25.2. The normalized spacial score (nSPS) is 10.8. The standard InChI is InChI=1S/C22H26N6OS/c1-14(2)17-11-7-8-15(3)20(17)27-19(29)13-30-12-18-25-21(23)28-22(26-18)24-16-9-5-4-6-10-16/h4-11,14H,12-13H2,1-3H3,(H,27,29)(H3,23,24,25,26,28). The molecule has 2 aromatic carbocycles. The van der Waals surface area contributed by atoms with E-state index in [1.165, 1.54) is 11.8 Å². The lowest BCUT2D eigenvalue weighted by atomic mass is 9.98. The number of benzene rings is 2. The van der Waals surface area contributed by atoms with E-state index in [1.807, 2.05) is 49.4 Å². The summed E-state index contributed by atoms with van der Waals surface area (Å²) >= 11 is 1.43. The fourth-order valence-electron chi connectivity index (χ4n) is 2.96. The number of nitrogens with zero attached hydrogens (tertiary/aromatic N) is 3. The van der Waals surface area contributed by atoms with Crippen LogP contribution in [0.5, 0.6) is 0 Å². The van der Waals surface area contributed by atoms with Gasteiger partial charge in [-0.05, 0) is 36.1 Å². The third kappa shape index (κ3) is 5.93. The fraction of sp³-hybridized carbons (Fsp3) is 0.273. The Kier molecular flexibility index (Phi) is 7.24. The second-order valence-electron chi connectivity index (χ2n) is 7.16. The number of aryl methyl sites for hydroxylation is 1. The highest BCUT2D eigenvalue weighted by atomic mass is 32.2. The van der Waals surface area contributed by atoms with Crippen LogP contribution >= 0.6 is 11.8 Å². The molecule has 156 valence electrons. The summed E-state index contributed by atoms with van der Waals surface area (Å²) in [6.07, 6.45) is 0.